The summed E-state index contributed by atoms with van der Waals surface area (Å²) < 4.78 is 13.0. The molecule has 1 heterocycles. The molecule has 7 heteroatoms. The fraction of sp³-hybridized carbons (Fsp3) is 0.148. The van der Waals surface area contributed by atoms with Crippen LogP contribution in [0.25, 0.3) is 12.2 Å². The maximum atomic E-state index is 13.1. The van der Waals surface area contributed by atoms with Crippen LogP contribution in [-0.2, 0) is 17.8 Å². The van der Waals surface area contributed by atoms with Crippen molar-refractivity contribution < 1.29 is 9.18 Å². The first-order valence-electron chi connectivity index (χ1n) is 11.0. The van der Waals surface area contributed by atoms with Crippen molar-refractivity contribution in [3.63, 3.8) is 0 Å². The molecule has 0 aliphatic rings. The summed E-state index contributed by atoms with van der Waals surface area (Å²) >= 11 is 1.31. The lowest BCUT2D eigenvalue weighted by Crippen LogP contribution is -2.33. The zero-order valence-electron chi connectivity index (χ0n) is 18.6. The van der Waals surface area contributed by atoms with Crippen LogP contribution in [0.1, 0.15) is 22.5 Å². The molecule has 0 fully saturated rings. The molecule has 0 bridgehead atoms. The Balaban J connectivity index is 1.35. The van der Waals surface area contributed by atoms with Gasteiger partial charge in [-0.15, -0.1) is 5.10 Å². The second kappa shape index (κ2) is 12.0. The van der Waals surface area contributed by atoms with E-state index in [0.717, 1.165) is 17.5 Å². The summed E-state index contributed by atoms with van der Waals surface area (Å²) in [5, 5.41) is 7.56. The monoisotopic (exact) mass is 472 g/mol. The Hall–Kier alpha value is -3.71. The van der Waals surface area contributed by atoms with E-state index >= 15 is 0 Å². The summed E-state index contributed by atoms with van der Waals surface area (Å²) in [6.07, 6.45) is 4.39. The summed E-state index contributed by atoms with van der Waals surface area (Å²) in [6, 6.07) is 26.4. The lowest BCUT2D eigenvalue weighted by molar-refractivity contribution is -0.128. The molecular formula is C27H25FN4OS. The van der Waals surface area contributed by atoms with Gasteiger partial charge in [-0.2, -0.15) is 0 Å². The minimum Gasteiger partial charge on any atom is -0.337 e. The predicted molar refractivity (Wildman–Crippen MR) is 134 cm³/mol. The van der Waals surface area contributed by atoms with Gasteiger partial charge in [-0.1, -0.05) is 90.6 Å². The van der Waals surface area contributed by atoms with Crippen LogP contribution in [0.3, 0.4) is 0 Å². The number of carbonyl (C=O) groups excluding carboxylic acids is 1. The molecule has 0 saturated carbocycles. The van der Waals surface area contributed by atoms with Crippen LogP contribution in [0.2, 0.25) is 0 Å². The van der Waals surface area contributed by atoms with E-state index < -0.39 is 0 Å². The number of amides is 1. The molecule has 172 valence electrons. The molecule has 0 unspecified atom stereocenters. The number of H-pyrrole nitrogens is 1. The van der Waals surface area contributed by atoms with Crippen molar-refractivity contribution >= 4 is 29.8 Å². The number of thioether (sulfide) groups is 1. The van der Waals surface area contributed by atoms with Crippen LogP contribution < -0.4 is 0 Å². The first-order valence-corrected chi connectivity index (χ1v) is 12.0. The average Bonchev–Trinajstić information content (AvgIpc) is 3.34. The molecule has 4 rings (SSSR count). The lowest BCUT2D eigenvalue weighted by Gasteiger charge is -2.23. The first-order chi connectivity index (χ1) is 16.7. The number of hydrogen-bond acceptors (Lipinski definition) is 4. The Bertz CT molecular complexity index is 1210. The van der Waals surface area contributed by atoms with E-state index in [-0.39, 0.29) is 17.5 Å². The Labute approximate surface area is 202 Å². The van der Waals surface area contributed by atoms with E-state index in [0.29, 0.717) is 24.1 Å². The molecule has 3 aromatic carbocycles. The van der Waals surface area contributed by atoms with Gasteiger partial charge in [0.1, 0.15) is 11.6 Å². The van der Waals surface area contributed by atoms with E-state index in [1.165, 1.54) is 29.5 Å². The molecule has 1 amide bonds. The van der Waals surface area contributed by atoms with E-state index in [1.807, 2.05) is 59.5 Å². The Morgan fingerprint density at radius 1 is 0.912 bits per heavy atom. The zero-order chi connectivity index (χ0) is 23.6. The highest BCUT2D eigenvalue weighted by atomic mass is 32.2. The third-order valence-electron chi connectivity index (χ3n) is 5.19. The summed E-state index contributed by atoms with van der Waals surface area (Å²) in [7, 11) is 0. The maximum absolute atomic E-state index is 13.1. The highest BCUT2D eigenvalue weighted by Crippen LogP contribution is 2.16. The zero-order valence-corrected chi connectivity index (χ0v) is 19.4. The van der Waals surface area contributed by atoms with Gasteiger partial charge in [-0.05, 0) is 41.3 Å². The summed E-state index contributed by atoms with van der Waals surface area (Å²) in [6.45, 7) is 1.20. The molecule has 5 nitrogen and oxygen atoms in total. The quantitative estimate of drug-likeness (QED) is 0.311. The van der Waals surface area contributed by atoms with E-state index in [1.54, 1.807) is 18.2 Å². The molecule has 0 aliphatic heterocycles. The molecule has 1 aromatic heterocycles. The Morgan fingerprint density at radius 3 is 2.29 bits per heavy atom. The highest BCUT2D eigenvalue weighted by molar-refractivity contribution is 7.99. The summed E-state index contributed by atoms with van der Waals surface area (Å²) in [5.41, 5.74) is 3.16. The van der Waals surface area contributed by atoms with Gasteiger partial charge >= 0.3 is 0 Å². The van der Waals surface area contributed by atoms with Gasteiger partial charge in [0.2, 0.25) is 11.1 Å². The smallest absolute Gasteiger partial charge is 0.233 e. The van der Waals surface area contributed by atoms with Gasteiger partial charge in [0, 0.05) is 13.1 Å². The number of hydrogen-bond donors (Lipinski definition) is 1. The lowest BCUT2D eigenvalue weighted by atomic mass is 10.1. The standard InChI is InChI=1S/C27H25FN4OS/c28-24-14-11-22(12-15-24)13-16-25-29-27(31-30-25)34-20-26(33)32(19-23-9-5-2-6-10-23)18-17-21-7-3-1-4-8-21/h1-16H,17-20H2,(H,29,30,31)/b16-13+. The number of aromatic amines is 1. The van der Waals surface area contributed by atoms with Crippen molar-refractivity contribution in [3.05, 3.63) is 113 Å². The largest absolute Gasteiger partial charge is 0.337 e. The number of halogens is 1. The van der Waals surface area contributed by atoms with Crippen molar-refractivity contribution in [2.75, 3.05) is 12.3 Å². The van der Waals surface area contributed by atoms with Gasteiger partial charge < -0.3 is 4.90 Å². The molecular weight excluding hydrogens is 447 g/mol. The Kier molecular flexibility index (Phi) is 8.24. The second-order valence-electron chi connectivity index (χ2n) is 7.71. The topological polar surface area (TPSA) is 61.9 Å². The molecule has 0 aliphatic carbocycles. The third-order valence-corrected chi connectivity index (χ3v) is 6.02. The summed E-state index contributed by atoms with van der Waals surface area (Å²) in [5.74, 6) is 0.591. The number of aromatic nitrogens is 3. The SMILES string of the molecule is O=C(CSc1n[nH]c(/C=C/c2ccc(F)cc2)n1)N(CCc1ccccc1)Cc1ccccc1. The molecule has 1 N–H and O–H groups in total. The molecule has 34 heavy (non-hydrogen) atoms. The van der Waals surface area contributed by atoms with Crippen molar-refractivity contribution in [1.82, 2.24) is 20.1 Å². The van der Waals surface area contributed by atoms with Gasteiger partial charge in [0.05, 0.1) is 5.75 Å². The van der Waals surface area contributed by atoms with Crippen LogP contribution >= 0.6 is 11.8 Å². The molecule has 0 saturated heterocycles. The molecule has 0 radical (unpaired) electrons. The molecule has 4 aromatic rings. The summed E-state index contributed by atoms with van der Waals surface area (Å²) in [4.78, 5) is 19.4. The third kappa shape index (κ3) is 7.15. The van der Waals surface area contributed by atoms with Gasteiger partial charge in [-0.3, -0.25) is 9.89 Å². The first kappa shape index (κ1) is 23.4. The Morgan fingerprint density at radius 2 is 1.59 bits per heavy atom. The number of nitrogens with zero attached hydrogens (tertiary/aromatic N) is 3. The van der Waals surface area contributed by atoms with Crippen molar-refractivity contribution in [2.45, 2.75) is 18.1 Å². The average molecular weight is 473 g/mol. The van der Waals surface area contributed by atoms with Crippen LogP contribution in [0.15, 0.2) is 90.1 Å². The normalized spacial score (nSPS) is 11.1. The van der Waals surface area contributed by atoms with E-state index in [9.17, 15) is 9.18 Å². The minimum absolute atomic E-state index is 0.0398. The highest BCUT2D eigenvalue weighted by Gasteiger charge is 2.16. The van der Waals surface area contributed by atoms with Crippen molar-refractivity contribution in [3.8, 4) is 0 Å². The molecule has 0 spiro atoms. The van der Waals surface area contributed by atoms with Crippen LogP contribution in [-0.4, -0.2) is 38.3 Å². The fourth-order valence-corrected chi connectivity index (χ4v) is 4.08. The number of rotatable bonds is 10. The molecule has 0 atom stereocenters. The van der Waals surface area contributed by atoms with Crippen molar-refractivity contribution in [1.29, 1.82) is 0 Å². The predicted octanol–water partition coefficient (Wildman–Crippen LogP) is 5.48. The van der Waals surface area contributed by atoms with Gasteiger partial charge in [0.15, 0.2) is 0 Å². The number of nitrogens with one attached hydrogen (secondary N) is 1. The van der Waals surface area contributed by atoms with Crippen LogP contribution in [0, 0.1) is 5.82 Å². The van der Waals surface area contributed by atoms with Gasteiger partial charge in [-0.25, -0.2) is 9.37 Å². The second-order valence-corrected chi connectivity index (χ2v) is 8.66. The van der Waals surface area contributed by atoms with E-state index in [2.05, 4.69) is 27.3 Å². The van der Waals surface area contributed by atoms with E-state index in [4.69, 9.17) is 0 Å². The minimum atomic E-state index is -0.273. The van der Waals surface area contributed by atoms with Gasteiger partial charge in [0.25, 0.3) is 0 Å². The number of benzene rings is 3. The number of carbonyl (C=O) groups is 1. The maximum Gasteiger partial charge on any atom is 0.233 e. The van der Waals surface area contributed by atoms with Crippen LogP contribution in [0.4, 0.5) is 4.39 Å². The van der Waals surface area contributed by atoms with Crippen LogP contribution in [0.5, 0.6) is 0 Å². The van der Waals surface area contributed by atoms with Crippen molar-refractivity contribution in [2.24, 2.45) is 0 Å². The fourth-order valence-electron chi connectivity index (χ4n) is 3.37.